The molecule has 0 amide bonds. The van der Waals surface area contributed by atoms with Gasteiger partial charge in [-0.25, -0.2) is 4.68 Å². The minimum atomic E-state index is -0.277. The molecule has 1 atom stereocenters. The van der Waals surface area contributed by atoms with E-state index in [9.17, 15) is 4.79 Å². The molecular weight excluding hydrogens is 364 g/mol. The van der Waals surface area contributed by atoms with Crippen LogP contribution in [-0.2, 0) is 5.54 Å². The second kappa shape index (κ2) is 7.37. The summed E-state index contributed by atoms with van der Waals surface area (Å²) in [5.41, 5.74) is 2.34. The summed E-state index contributed by atoms with van der Waals surface area (Å²) in [6.45, 7) is 12.4. The molecule has 4 rings (SSSR count). The summed E-state index contributed by atoms with van der Waals surface area (Å²) in [6.07, 6.45) is 2.22. The van der Waals surface area contributed by atoms with Gasteiger partial charge in [0.15, 0.2) is 5.82 Å². The van der Waals surface area contributed by atoms with E-state index in [0.29, 0.717) is 11.5 Å². The topological polar surface area (TPSA) is 79.7 Å². The molecule has 0 bridgehead atoms. The van der Waals surface area contributed by atoms with Crippen molar-refractivity contribution < 1.29 is 0 Å². The number of piperidine rings is 1. The molecule has 3 heterocycles. The maximum Gasteiger partial charge on any atom is 0.253 e. The first kappa shape index (κ1) is 19.8. The Balaban J connectivity index is 1.88. The van der Waals surface area contributed by atoms with Crippen molar-refractivity contribution in [3.05, 3.63) is 51.6 Å². The van der Waals surface area contributed by atoms with E-state index in [4.69, 9.17) is 0 Å². The minimum Gasteiger partial charge on any atom is -0.322 e. The fourth-order valence-electron chi connectivity index (χ4n) is 4.16. The molecule has 7 heteroatoms. The van der Waals surface area contributed by atoms with Crippen molar-refractivity contribution in [1.29, 1.82) is 0 Å². The summed E-state index contributed by atoms with van der Waals surface area (Å²) in [6, 6.07) is 7.88. The molecule has 0 aliphatic carbocycles. The minimum absolute atomic E-state index is 0.0739. The standard InChI is InChI=1S/C22H30N6O/c1-14-8-10-27(11-9-14)19(20-24-25-26-28(20)22(3,4)5)17-13-16-7-6-15(2)12-18(16)23-21(17)29/h6-7,12-14,19H,8-11H2,1-5H3,(H,23,29)/t19-/m0/s1. The zero-order valence-electron chi connectivity index (χ0n) is 17.9. The van der Waals surface area contributed by atoms with E-state index in [-0.39, 0.29) is 17.1 Å². The highest BCUT2D eigenvalue weighted by atomic mass is 16.1. The fourth-order valence-corrected chi connectivity index (χ4v) is 4.16. The smallest absolute Gasteiger partial charge is 0.253 e. The number of H-pyrrole nitrogens is 1. The number of hydrogen-bond donors (Lipinski definition) is 1. The van der Waals surface area contributed by atoms with Gasteiger partial charge in [0.25, 0.3) is 5.56 Å². The summed E-state index contributed by atoms with van der Waals surface area (Å²) in [5.74, 6) is 1.42. The molecule has 3 aromatic rings. The van der Waals surface area contributed by atoms with E-state index >= 15 is 0 Å². The number of fused-ring (bicyclic) bond motifs is 1. The van der Waals surface area contributed by atoms with E-state index in [1.54, 1.807) is 0 Å². The number of nitrogens with zero attached hydrogens (tertiary/aromatic N) is 5. The van der Waals surface area contributed by atoms with E-state index < -0.39 is 0 Å². The van der Waals surface area contributed by atoms with Crippen LogP contribution in [0.25, 0.3) is 10.9 Å². The van der Waals surface area contributed by atoms with Gasteiger partial charge >= 0.3 is 0 Å². The summed E-state index contributed by atoms with van der Waals surface area (Å²) in [4.78, 5) is 18.6. The summed E-state index contributed by atoms with van der Waals surface area (Å²) in [7, 11) is 0. The quantitative estimate of drug-likeness (QED) is 0.736. The number of tetrazole rings is 1. The third-order valence-corrected chi connectivity index (χ3v) is 5.88. The van der Waals surface area contributed by atoms with Crippen LogP contribution in [0.3, 0.4) is 0 Å². The number of rotatable bonds is 3. The SMILES string of the molecule is Cc1ccc2cc([C@@H](c3nnnn3C(C)(C)C)N3CCC(C)CC3)c(=O)[nH]c2c1. The molecule has 1 aliphatic rings. The Kier molecular flexibility index (Phi) is 5.02. The van der Waals surface area contributed by atoms with Crippen LogP contribution in [0.1, 0.15) is 63.5 Å². The van der Waals surface area contributed by atoms with Crippen LogP contribution in [0.4, 0.5) is 0 Å². The number of aromatic nitrogens is 5. The molecule has 29 heavy (non-hydrogen) atoms. The largest absolute Gasteiger partial charge is 0.322 e. The summed E-state index contributed by atoms with van der Waals surface area (Å²) >= 11 is 0. The zero-order valence-corrected chi connectivity index (χ0v) is 17.9. The van der Waals surface area contributed by atoms with Crippen molar-refractivity contribution in [1.82, 2.24) is 30.1 Å². The Morgan fingerprint density at radius 2 is 1.90 bits per heavy atom. The normalized spacial score (nSPS) is 17.7. The second-order valence-corrected chi connectivity index (χ2v) is 9.39. The molecule has 1 saturated heterocycles. The Bertz CT molecular complexity index is 1070. The monoisotopic (exact) mass is 394 g/mol. The van der Waals surface area contributed by atoms with Gasteiger partial charge in [-0.15, -0.1) is 5.10 Å². The number of aryl methyl sites for hydroxylation is 1. The number of pyridine rings is 1. The predicted molar refractivity (Wildman–Crippen MR) is 114 cm³/mol. The van der Waals surface area contributed by atoms with E-state index in [2.05, 4.69) is 65.2 Å². The van der Waals surface area contributed by atoms with Crippen molar-refractivity contribution in [3.8, 4) is 0 Å². The first-order valence-electron chi connectivity index (χ1n) is 10.4. The lowest BCUT2D eigenvalue weighted by Crippen LogP contribution is -2.41. The van der Waals surface area contributed by atoms with E-state index in [1.165, 1.54) is 0 Å². The first-order chi connectivity index (χ1) is 13.7. The number of nitrogens with one attached hydrogen (secondary N) is 1. The molecular formula is C22H30N6O. The van der Waals surface area contributed by atoms with Crippen LogP contribution >= 0.6 is 0 Å². The van der Waals surface area contributed by atoms with Crippen molar-refractivity contribution >= 4 is 10.9 Å². The lowest BCUT2D eigenvalue weighted by molar-refractivity contribution is 0.144. The van der Waals surface area contributed by atoms with Gasteiger partial charge in [-0.2, -0.15) is 0 Å². The number of benzene rings is 1. The molecule has 0 saturated carbocycles. The van der Waals surface area contributed by atoms with Crippen molar-refractivity contribution in [2.24, 2.45) is 5.92 Å². The van der Waals surface area contributed by atoms with Gasteiger partial charge in [-0.1, -0.05) is 19.1 Å². The van der Waals surface area contributed by atoms with Crippen LogP contribution in [0.2, 0.25) is 0 Å². The highest BCUT2D eigenvalue weighted by Crippen LogP contribution is 2.32. The Morgan fingerprint density at radius 1 is 1.17 bits per heavy atom. The van der Waals surface area contributed by atoms with Gasteiger partial charge in [0.1, 0.15) is 6.04 Å². The summed E-state index contributed by atoms with van der Waals surface area (Å²) < 4.78 is 1.86. The van der Waals surface area contributed by atoms with Crippen LogP contribution in [0.15, 0.2) is 29.1 Å². The van der Waals surface area contributed by atoms with Crippen LogP contribution in [0.5, 0.6) is 0 Å². The maximum atomic E-state index is 13.2. The molecule has 7 nitrogen and oxygen atoms in total. The molecule has 1 aromatic carbocycles. The molecule has 1 aliphatic heterocycles. The Labute approximate surface area is 171 Å². The zero-order chi connectivity index (χ0) is 20.8. The molecule has 1 fully saturated rings. The van der Waals surface area contributed by atoms with Gasteiger partial charge in [0, 0.05) is 11.1 Å². The van der Waals surface area contributed by atoms with E-state index in [0.717, 1.165) is 48.2 Å². The molecule has 0 radical (unpaired) electrons. The lowest BCUT2D eigenvalue weighted by Gasteiger charge is -2.36. The molecule has 2 aromatic heterocycles. The summed E-state index contributed by atoms with van der Waals surface area (Å²) in [5, 5.41) is 13.7. The molecule has 1 N–H and O–H groups in total. The van der Waals surface area contributed by atoms with Gasteiger partial charge in [0.2, 0.25) is 0 Å². The maximum absolute atomic E-state index is 13.2. The number of hydrogen-bond acceptors (Lipinski definition) is 5. The van der Waals surface area contributed by atoms with Crippen molar-refractivity contribution in [3.63, 3.8) is 0 Å². The third kappa shape index (κ3) is 3.83. The van der Waals surface area contributed by atoms with Gasteiger partial charge in [0.05, 0.1) is 5.54 Å². The van der Waals surface area contributed by atoms with Crippen molar-refractivity contribution in [2.75, 3.05) is 13.1 Å². The highest BCUT2D eigenvalue weighted by molar-refractivity contribution is 5.79. The third-order valence-electron chi connectivity index (χ3n) is 5.88. The van der Waals surface area contributed by atoms with Gasteiger partial charge in [-0.3, -0.25) is 9.69 Å². The average molecular weight is 395 g/mol. The van der Waals surface area contributed by atoms with Crippen LogP contribution in [-0.4, -0.2) is 43.2 Å². The van der Waals surface area contributed by atoms with Crippen LogP contribution in [0, 0.1) is 12.8 Å². The lowest BCUT2D eigenvalue weighted by atomic mass is 9.95. The molecule has 0 unspecified atom stereocenters. The Hall–Kier alpha value is -2.54. The molecule has 0 spiro atoms. The average Bonchev–Trinajstić information content (AvgIpc) is 3.14. The predicted octanol–water partition coefficient (Wildman–Crippen LogP) is 3.40. The highest BCUT2D eigenvalue weighted by Gasteiger charge is 2.34. The van der Waals surface area contributed by atoms with Gasteiger partial charge in [-0.05, 0) is 93.1 Å². The molecule has 154 valence electrons. The van der Waals surface area contributed by atoms with Gasteiger partial charge < -0.3 is 4.98 Å². The fraction of sp³-hybridized carbons (Fsp3) is 0.545. The van der Waals surface area contributed by atoms with E-state index in [1.807, 2.05) is 23.7 Å². The number of aromatic amines is 1. The Morgan fingerprint density at radius 3 is 2.59 bits per heavy atom. The second-order valence-electron chi connectivity index (χ2n) is 9.39. The first-order valence-corrected chi connectivity index (χ1v) is 10.4. The van der Waals surface area contributed by atoms with Crippen molar-refractivity contribution in [2.45, 2.75) is 59.0 Å². The number of likely N-dealkylation sites (tertiary alicyclic amines) is 1. The van der Waals surface area contributed by atoms with Crippen LogP contribution < -0.4 is 5.56 Å².